The van der Waals surface area contributed by atoms with Crippen LogP contribution in [0.5, 0.6) is 0 Å². The van der Waals surface area contributed by atoms with Gasteiger partial charge in [0, 0.05) is 17.8 Å². The number of nitrogens with two attached hydrogens (primary N) is 1. The van der Waals surface area contributed by atoms with Crippen LogP contribution in [0.1, 0.15) is 12.5 Å². The highest BCUT2D eigenvalue weighted by molar-refractivity contribution is 7.99. The molecule has 1 heterocycles. The Morgan fingerprint density at radius 3 is 2.44 bits per heavy atom. The van der Waals surface area contributed by atoms with Gasteiger partial charge in [0.25, 0.3) is 0 Å². The van der Waals surface area contributed by atoms with E-state index in [1.807, 2.05) is 38.1 Å². The van der Waals surface area contributed by atoms with Crippen LogP contribution in [-0.4, -0.2) is 33.1 Å². The maximum absolute atomic E-state index is 13.1. The summed E-state index contributed by atoms with van der Waals surface area (Å²) in [5.74, 6) is 6.33. The average molecular weight is 385 g/mol. The normalized spacial score (nSPS) is 10.8. The van der Waals surface area contributed by atoms with E-state index in [4.69, 9.17) is 5.84 Å². The van der Waals surface area contributed by atoms with E-state index in [9.17, 15) is 9.18 Å². The molecule has 1 amide bonds. The van der Waals surface area contributed by atoms with Crippen molar-refractivity contribution < 1.29 is 9.18 Å². The van der Waals surface area contributed by atoms with Gasteiger partial charge in [-0.15, -0.1) is 10.2 Å². The summed E-state index contributed by atoms with van der Waals surface area (Å²) in [6, 6.07) is 13.6. The molecule has 2 N–H and O–H groups in total. The number of nitrogen functional groups attached to an aromatic ring is 1. The van der Waals surface area contributed by atoms with Gasteiger partial charge in [-0.1, -0.05) is 41.6 Å². The number of nitrogens with zero attached hydrogens (tertiary/aromatic N) is 4. The maximum Gasteiger partial charge on any atom is 0.237 e. The number of thioether (sulfide) groups is 1. The fourth-order valence-electron chi connectivity index (χ4n) is 2.60. The second-order valence-electron chi connectivity index (χ2n) is 5.95. The van der Waals surface area contributed by atoms with Gasteiger partial charge < -0.3 is 10.7 Å². The van der Waals surface area contributed by atoms with Gasteiger partial charge in [0.2, 0.25) is 11.1 Å². The highest BCUT2D eigenvalue weighted by Crippen LogP contribution is 2.23. The minimum absolute atomic E-state index is 0.117. The van der Waals surface area contributed by atoms with Crippen molar-refractivity contribution in [2.75, 3.05) is 23.0 Å². The smallest absolute Gasteiger partial charge is 0.237 e. The van der Waals surface area contributed by atoms with E-state index in [-0.39, 0.29) is 17.5 Å². The molecule has 6 nitrogen and oxygen atoms in total. The molecule has 3 aromatic rings. The molecule has 0 saturated heterocycles. The highest BCUT2D eigenvalue weighted by atomic mass is 32.2. The van der Waals surface area contributed by atoms with Crippen molar-refractivity contribution in [3.63, 3.8) is 0 Å². The van der Waals surface area contributed by atoms with E-state index in [1.165, 1.54) is 28.6 Å². The summed E-state index contributed by atoms with van der Waals surface area (Å²) in [5.41, 5.74) is 2.65. The van der Waals surface area contributed by atoms with E-state index in [1.54, 1.807) is 17.0 Å². The van der Waals surface area contributed by atoms with Gasteiger partial charge in [-0.25, -0.2) is 9.07 Å². The van der Waals surface area contributed by atoms with Crippen LogP contribution in [0.15, 0.2) is 53.7 Å². The topological polar surface area (TPSA) is 77.0 Å². The lowest BCUT2D eigenvalue weighted by molar-refractivity contribution is -0.116. The third kappa shape index (κ3) is 4.28. The molecule has 0 bridgehead atoms. The van der Waals surface area contributed by atoms with Crippen LogP contribution in [0.3, 0.4) is 0 Å². The van der Waals surface area contributed by atoms with Crippen molar-refractivity contribution in [2.24, 2.45) is 0 Å². The Balaban J connectivity index is 1.70. The Kier molecular flexibility index (Phi) is 5.75. The summed E-state index contributed by atoms with van der Waals surface area (Å²) in [6.45, 7) is 4.35. The number of hydrogen-bond acceptors (Lipinski definition) is 5. The maximum atomic E-state index is 13.1. The van der Waals surface area contributed by atoms with Crippen LogP contribution in [0.25, 0.3) is 11.4 Å². The molecule has 0 unspecified atom stereocenters. The van der Waals surface area contributed by atoms with Gasteiger partial charge in [-0.3, -0.25) is 4.79 Å². The second kappa shape index (κ2) is 8.22. The molecule has 0 aliphatic carbocycles. The van der Waals surface area contributed by atoms with Gasteiger partial charge in [0.15, 0.2) is 5.82 Å². The SMILES string of the molecule is CCN(C(=O)CSc1nnc(-c2ccc(C)cc2)n1N)c1ccc(F)cc1. The molecule has 8 heteroatoms. The first-order chi connectivity index (χ1) is 13.0. The molecule has 140 valence electrons. The lowest BCUT2D eigenvalue weighted by Crippen LogP contribution is -2.32. The zero-order chi connectivity index (χ0) is 19.4. The number of aryl methyl sites for hydroxylation is 1. The first kappa shape index (κ1) is 18.9. The molecule has 1 aromatic heterocycles. The van der Waals surface area contributed by atoms with Crippen LogP contribution < -0.4 is 10.7 Å². The molecule has 27 heavy (non-hydrogen) atoms. The number of amides is 1. The van der Waals surface area contributed by atoms with Crippen molar-refractivity contribution in [2.45, 2.75) is 19.0 Å². The minimum atomic E-state index is -0.337. The van der Waals surface area contributed by atoms with Gasteiger partial charge >= 0.3 is 0 Å². The quantitative estimate of drug-likeness (QED) is 0.521. The average Bonchev–Trinajstić information content (AvgIpc) is 3.03. The molecule has 0 aliphatic heterocycles. The van der Waals surface area contributed by atoms with Crippen molar-refractivity contribution in [3.05, 3.63) is 59.9 Å². The van der Waals surface area contributed by atoms with Crippen LogP contribution in [0.4, 0.5) is 10.1 Å². The Hall–Kier alpha value is -2.87. The lowest BCUT2D eigenvalue weighted by Gasteiger charge is -2.20. The molecule has 0 atom stereocenters. The minimum Gasteiger partial charge on any atom is -0.335 e. The number of halogens is 1. The first-order valence-electron chi connectivity index (χ1n) is 8.46. The summed E-state index contributed by atoms with van der Waals surface area (Å²) >= 11 is 1.21. The van der Waals surface area contributed by atoms with E-state index in [2.05, 4.69) is 10.2 Å². The van der Waals surface area contributed by atoms with Crippen LogP contribution in [0.2, 0.25) is 0 Å². The van der Waals surface area contributed by atoms with Crippen molar-refractivity contribution in [1.29, 1.82) is 0 Å². The molecule has 0 fully saturated rings. The molecular weight excluding hydrogens is 365 g/mol. The number of aromatic nitrogens is 3. The summed E-state index contributed by atoms with van der Waals surface area (Å²) in [4.78, 5) is 14.2. The third-order valence-corrected chi connectivity index (χ3v) is 4.98. The standard InChI is InChI=1S/C19H20FN5OS/c1-3-24(16-10-8-15(20)9-11-16)17(26)12-27-19-23-22-18(25(19)21)14-6-4-13(2)5-7-14/h4-11H,3,12,21H2,1-2H3. The summed E-state index contributed by atoms with van der Waals surface area (Å²) in [7, 11) is 0. The number of benzene rings is 2. The lowest BCUT2D eigenvalue weighted by atomic mass is 10.1. The number of anilines is 1. The summed E-state index contributed by atoms with van der Waals surface area (Å²) < 4.78 is 14.5. The van der Waals surface area contributed by atoms with Crippen molar-refractivity contribution >= 4 is 23.4 Å². The fourth-order valence-corrected chi connectivity index (χ4v) is 3.34. The van der Waals surface area contributed by atoms with Gasteiger partial charge in [0.05, 0.1) is 5.75 Å². The number of carbonyl (C=O) groups is 1. The van der Waals surface area contributed by atoms with Crippen LogP contribution >= 0.6 is 11.8 Å². The Bertz CT molecular complexity index is 924. The zero-order valence-electron chi connectivity index (χ0n) is 15.1. The molecule has 2 aromatic carbocycles. The van der Waals surface area contributed by atoms with Gasteiger partial charge in [-0.2, -0.15) is 0 Å². The van der Waals surface area contributed by atoms with Crippen LogP contribution in [0, 0.1) is 12.7 Å². The van der Waals surface area contributed by atoms with E-state index < -0.39 is 0 Å². The number of hydrogen-bond donors (Lipinski definition) is 1. The van der Waals surface area contributed by atoms with Gasteiger partial charge in [-0.05, 0) is 38.1 Å². The zero-order valence-corrected chi connectivity index (χ0v) is 15.9. The monoisotopic (exact) mass is 385 g/mol. The summed E-state index contributed by atoms with van der Waals surface area (Å²) in [6.07, 6.45) is 0. The Morgan fingerprint density at radius 1 is 1.15 bits per heavy atom. The first-order valence-corrected chi connectivity index (χ1v) is 9.44. The van der Waals surface area contributed by atoms with E-state index >= 15 is 0 Å². The van der Waals surface area contributed by atoms with Crippen LogP contribution in [-0.2, 0) is 4.79 Å². The molecule has 3 rings (SSSR count). The molecule has 0 aliphatic rings. The Morgan fingerprint density at radius 2 is 1.81 bits per heavy atom. The largest absolute Gasteiger partial charge is 0.335 e. The molecule has 0 saturated carbocycles. The summed E-state index contributed by atoms with van der Waals surface area (Å²) in [5, 5.41) is 8.67. The second-order valence-corrected chi connectivity index (χ2v) is 6.89. The fraction of sp³-hybridized carbons (Fsp3) is 0.211. The third-order valence-electron chi connectivity index (χ3n) is 4.05. The van der Waals surface area contributed by atoms with Crippen molar-refractivity contribution in [1.82, 2.24) is 14.9 Å². The Labute approximate surface area is 161 Å². The highest BCUT2D eigenvalue weighted by Gasteiger charge is 2.18. The predicted octanol–water partition coefficient (Wildman–Crippen LogP) is 3.25. The molecule has 0 spiro atoms. The van der Waals surface area contributed by atoms with E-state index in [0.29, 0.717) is 23.2 Å². The number of rotatable bonds is 6. The predicted molar refractivity (Wildman–Crippen MR) is 105 cm³/mol. The molecule has 0 radical (unpaired) electrons. The van der Waals surface area contributed by atoms with Crippen molar-refractivity contribution in [3.8, 4) is 11.4 Å². The number of carbonyl (C=O) groups excluding carboxylic acids is 1. The van der Waals surface area contributed by atoms with Gasteiger partial charge in [0.1, 0.15) is 5.82 Å². The van der Waals surface area contributed by atoms with E-state index in [0.717, 1.165) is 11.1 Å². The molecular formula is C19H20FN5OS.